The van der Waals surface area contributed by atoms with E-state index in [2.05, 4.69) is 11.2 Å². The van der Waals surface area contributed by atoms with Crippen LogP contribution in [0.2, 0.25) is 0 Å². The Hall–Kier alpha value is -3.59. The molecule has 0 spiro atoms. The van der Waals surface area contributed by atoms with Gasteiger partial charge >= 0.3 is 5.97 Å². The molecule has 0 heterocycles. The van der Waals surface area contributed by atoms with Crippen molar-refractivity contribution < 1.29 is 19.1 Å². The summed E-state index contributed by atoms with van der Waals surface area (Å²) in [6.07, 6.45) is 7.91. The zero-order valence-electron chi connectivity index (χ0n) is 19.0. The summed E-state index contributed by atoms with van der Waals surface area (Å²) in [5.74, 6) is 0.511. The molecule has 172 valence electrons. The lowest BCUT2D eigenvalue weighted by atomic mass is 9.73. The van der Waals surface area contributed by atoms with E-state index in [0.29, 0.717) is 32.2 Å². The molecule has 2 amide bonds. The van der Waals surface area contributed by atoms with Gasteiger partial charge in [-0.3, -0.25) is 14.4 Å². The number of rotatable bonds is 8. The molecule has 6 nitrogen and oxygen atoms in total. The molecule has 2 aromatic rings. The van der Waals surface area contributed by atoms with E-state index >= 15 is 0 Å². The number of amides is 2. The van der Waals surface area contributed by atoms with Crippen LogP contribution in [0.4, 0.5) is 0 Å². The number of nitrogens with zero attached hydrogens (tertiary/aromatic N) is 1. The Bertz CT molecular complexity index is 1000. The Kier molecular flexibility index (Phi) is 8.26. The average molecular weight is 447 g/mol. The second kappa shape index (κ2) is 11.3. The number of nitrogens with one attached hydrogen (secondary N) is 1. The molecule has 6 heteroatoms. The SMILES string of the molecule is C#CC(=O)N(CCc1ccccc1)C1(C(=O)NCc2ccccc2)CCCC(C(=O)OC)C1. The number of carbonyl (C=O) groups is 3. The summed E-state index contributed by atoms with van der Waals surface area (Å²) in [6.45, 7) is 0.598. The zero-order chi connectivity index (χ0) is 23.7. The Balaban J connectivity index is 1.91. The van der Waals surface area contributed by atoms with Crippen LogP contribution in [-0.2, 0) is 32.1 Å². The number of benzene rings is 2. The van der Waals surface area contributed by atoms with Gasteiger partial charge in [0.2, 0.25) is 5.91 Å². The maximum Gasteiger partial charge on any atom is 0.308 e. The van der Waals surface area contributed by atoms with Crippen LogP contribution < -0.4 is 5.32 Å². The number of carbonyl (C=O) groups excluding carboxylic acids is 3. The molecule has 2 unspecified atom stereocenters. The minimum atomic E-state index is -1.22. The number of hydrogen-bond acceptors (Lipinski definition) is 4. The van der Waals surface area contributed by atoms with Gasteiger partial charge in [0.1, 0.15) is 5.54 Å². The average Bonchev–Trinajstić information content (AvgIpc) is 2.87. The van der Waals surface area contributed by atoms with Gasteiger partial charge in [0.25, 0.3) is 5.91 Å². The summed E-state index contributed by atoms with van der Waals surface area (Å²) in [5, 5.41) is 2.99. The Morgan fingerprint density at radius 3 is 2.33 bits per heavy atom. The van der Waals surface area contributed by atoms with Crippen molar-refractivity contribution >= 4 is 17.8 Å². The molecule has 1 N–H and O–H groups in total. The van der Waals surface area contributed by atoms with Gasteiger partial charge in [-0.15, -0.1) is 6.42 Å². The summed E-state index contributed by atoms with van der Waals surface area (Å²) >= 11 is 0. The standard InChI is InChI=1S/C27H30N2O4/c1-3-24(30)29(18-16-21-11-6-4-7-12-21)27(17-10-15-23(19-27)25(31)33-2)26(32)28-20-22-13-8-5-9-14-22/h1,4-9,11-14,23H,10,15-20H2,2H3,(H,28,32). The van der Waals surface area contributed by atoms with Gasteiger partial charge in [-0.05, 0) is 49.2 Å². The van der Waals surface area contributed by atoms with E-state index in [9.17, 15) is 14.4 Å². The summed E-state index contributed by atoms with van der Waals surface area (Å²) in [4.78, 5) is 40.5. The van der Waals surface area contributed by atoms with Crippen molar-refractivity contribution in [2.75, 3.05) is 13.7 Å². The van der Waals surface area contributed by atoms with E-state index in [1.54, 1.807) is 0 Å². The van der Waals surface area contributed by atoms with Crippen molar-refractivity contribution in [2.24, 2.45) is 5.92 Å². The van der Waals surface area contributed by atoms with Crippen LogP contribution in [0.25, 0.3) is 0 Å². The fraction of sp³-hybridized carbons (Fsp3) is 0.370. The van der Waals surface area contributed by atoms with Crippen molar-refractivity contribution in [1.29, 1.82) is 0 Å². The number of methoxy groups -OCH3 is 1. The Morgan fingerprint density at radius 2 is 1.73 bits per heavy atom. The molecular formula is C27H30N2O4. The third-order valence-electron chi connectivity index (χ3n) is 6.33. The van der Waals surface area contributed by atoms with Crippen LogP contribution in [0.15, 0.2) is 60.7 Å². The van der Waals surface area contributed by atoms with Gasteiger partial charge in [-0.2, -0.15) is 0 Å². The first-order valence-electron chi connectivity index (χ1n) is 11.2. The van der Waals surface area contributed by atoms with Gasteiger partial charge in [0.15, 0.2) is 0 Å². The van der Waals surface area contributed by atoms with Crippen LogP contribution in [0, 0.1) is 18.3 Å². The number of terminal acetylenes is 1. The van der Waals surface area contributed by atoms with E-state index in [1.165, 1.54) is 12.0 Å². The largest absolute Gasteiger partial charge is 0.469 e. The molecule has 0 aromatic heterocycles. The highest BCUT2D eigenvalue weighted by atomic mass is 16.5. The highest BCUT2D eigenvalue weighted by Crippen LogP contribution is 2.38. The molecule has 3 rings (SSSR count). The van der Waals surface area contributed by atoms with Gasteiger partial charge < -0.3 is 15.0 Å². The van der Waals surface area contributed by atoms with Crippen molar-refractivity contribution in [3.05, 3.63) is 71.8 Å². The van der Waals surface area contributed by atoms with E-state index in [4.69, 9.17) is 11.2 Å². The molecule has 0 saturated heterocycles. The second-order valence-electron chi connectivity index (χ2n) is 8.35. The molecule has 1 aliphatic rings. The lowest BCUT2D eigenvalue weighted by Crippen LogP contribution is -2.63. The highest BCUT2D eigenvalue weighted by Gasteiger charge is 2.50. The summed E-state index contributed by atoms with van der Waals surface area (Å²) in [5.41, 5.74) is 0.761. The number of esters is 1. The minimum absolute atomic E-state index is 0.183. The first kappa shape index (κ1) is 24.1. The van der Waals surface area contributed by atoms with Crippen LogP contribution in [0.5, 0.6) is 0 Å². The molecular weight excluding hydrogens is 416 g/mol. The smallest absolute Gasteiger partial charge is 0.308 e. The molecule has 1 aliphatic carbocycles. The van der Waals surface area contributed by atoms with E-state index in [0.717, 1.165) is 11.1 Å². The maximum absolute atomic E-state index is 13.7. The third-order valence-corrected chi connectivity index (χ3v) is 6.33. The number of hydrogen-bond donors (Lipinski definition) is 1. The molecule has 0 aliphatic heterocycles. The van der Waals surface area contributed by atoms with Crippen LogP contribution in [0.3, 0.4) is 0 Å². The second-order valence-corrected chi connectivity index (χ2v) is 8.35. The van der Waals surface area contributed by atoms with Crippen molar-refractivity contribution in [2.45, 2.75) is 44.2 Å². The van der Waals surface area contributed by atoms with Gasteiger partial charge in [0, 0.05) is 13.1 Å². The topological polar surface area (TPSA) is 75.7 Å². The molecule has 0 bridgehead atoms. The third kappa shape index (κ3) is 5.81. The van der Waals surface area contributed by atoms with E-state index in [1.807, 2.05) is 60.7 Å². The van der Waals surface area contributed by atoms with Crippen LogP contribution in [0.1, 0.15) is 36.8 Å². The first-order chi connectivity index (χ1) is 16.0. The molecule has 2 atom stereocenters. The monoisotopic (exact) mass is 446 g/mol. The summed E-state index contributed by atoms with van der Waals surface area (Å²) in [6, 6.07) is 19.3. The summed E-state index contributed by atoms with van der Waals surface area (Å²) in [7, 11) is 1.34. The van der Waals surface area contributed by atoms with Gasteiger partial charge in [-0.25, -0.2) is 0 Å². The molecule has 33 heavy (non-hydrogen) atoms. The highest BCUT2D eigenvalue weighted by molar-refractivity contribution is 5.99. The lowest BCUT2D eigenvalue weighted by Gasteiger charge is -2.46. The molecule has 2 aromatic carbocycles. The lowest BCUT2D eigenvalue weighted by molar-refractivity contribution is -0.155. The molecule has 0 radical (unpaired) electrons. The predicted octanol–water partition coefficient (Wildman–Crippen LogP) is 3.11. The normalized spacial score (nSPS) is 19.7. The van der Waals surface area contributed by atoms with Crippen LogP contribution >= 0.6 is 0 Å². The van der Waals surface area contributed by atoms with Crippen molar-refractivity contribution in [3.63, 3.8) is 0 Å². The van der Waals surface area contributed by atoms with Crippen molar-refractivity contribution in [1.82, 2.24) is 10.2 Å². The zero-order valence-corrected chi connectivity index (χ0v) is 19.0. The maximum atomic E-state index is 13.7. The van der Waals surface area contributed by atoms with Gasteiger partial charge in [-0.1, -0.05) is 60.7 Å². The van der Waals surface area contributed by atoms with E-state index in [-0.39, 0.29) is 24.8 Å². The first-order valence-corrected chi connectivity index (χ1v) is 11.2. The van der Waals surface area contributed by atoms with Crippen molar-refractivity contribution in [3.8, 4) is 12.3 Å². The molecule has 1 saturated carbocycles. The van der Waals surface area contributed by atoms with Crippen LogP contribution in [-0.4, -0.2) is 41.9 Å². The number of ether oxygens (including phenoxy) is 1. The quantitative estimate of drug-likeness (QED) is 0.499. The Morgan fingerprint density at radius 1 is 1.09 bits per heavy atom. The molecule has 1 fully saturated rings. The fourth-order valence-electron chi connectivity index (χ4n) is 4.61. The Labute approximate surface area is 195 Å². The van der Waals surface area contributed by atoms with Gasteiger partial charge in [0.05, 0.1) is 13.0 Å². The van der Waals surface area contributed by atoms with E-state index < -0.39 is 17.4 Å². The minimum Gasteiger partial charge on any atom is -0.469 e. The summed E-state index contributed by atoms with van der Waals surface area (Å²) < 4.78 is 4.97. The fourth-order valence-corrected chi connectivity index (χ4v) is 4.61. The predicted molar refractivity (Wildman–Crippen MR) is 126 cm³/mol.